The van der Waals surface area contributed by atoms with Gasteiger partial charge in [-0.2, -0.15) is 0 Å². The van der Waals surface area contributed by atoms with E-state index in [1.54, 1.807) is 7.11 Å². The minimum Gasteiger partial charge on any atom is -0.497 e. The lowest BCUT2D eigenvalue weighted by Crippen LogP contribution is -2.38. The number of carbonyl (C=O) groups excluding carboxylic acids is 1. The first-order valence-corrected chi connectivity index (χ1v) is 8.87. The van der Waals surface area contributed by atoms with Gasteiger partial charge in [-0.25, -0.2) is 0 Å². The standard InChI is InChI=1S/C20H26N2O2/c1-4-14-5-8-16(9-6-14)22-20(23)18-11-15-7-10-17(24-3)12-19(15)21-13(18)2/h7,10-12,14,16H,4-6,8-9H2,1-3H3,(H,22,23). The summed E-state index contributed by atoms with van der Waals surface area (Å²) in [5.74, 6) is 1.61. The highest BCUT2D eigenvalue weighted by Gasteiger charge is 2.22. The van der Waals surface area contributed by atoms with Gasteiger partial charge in [0.2, 0.25) is 0 Å². The Balaban J connectivity index is 1.76. The number of aromatic nitrogens is 1. The number of aryl methyl sites for hydroxylation is 1. The molecular weight excluding hydrogens is 300 g/mol. The van der Waals surface area contributed by atoms with Crippen LogP contribution in [0.25, 0.3) is 10.9 Å². The zero-order valence-electron chi connectivity index (χ0n) is 14.8. The Morgan fingerprint density at radius 3 is 2.67 bits per heavy atom. The molecule has 0 atom stereocenters. The fraction of sp³-hybridized carbons (Fsp3) is 0.500. The summed E-state index contributed by atoms with van der Waals surface area (Å²) >= 11 is 0. The number of hydrogen-bond acceptors (Lipinski definition) is 3. The third-order valence-corrected chi connectivity index (χ3v) is 5.22. The fourth-order valence-electron chi connectivity index (χ4n) is 3.58. The third kappa shape index (κ3) is 3.53. The van der Waals surface area contributed by atoms with Gasteiger partial charge in [0.1, 0.15) is 5.75 Å². The quantitative estimate of drug-likeness (QED) is 0.914. The van der Waals surface area contributed by atoms with Crippen molar-refractivity contribution in [2.45, 2.75) is 52.0 Å². The van der Waals surface area contributed by atoms with Gasteiger partial charge < -0.3 is 10.1 Å². The van der Waals surface area contributed by atoms with Crippen molar-refractivity contribution >= 4 is 16.8 Å². The molecular formula is C20H26N2O2. The molecule has 1 aliphatic carbocycles. The molecule has 3 rings (SSSR count). The van der Waals surface area contributed by atoms with Crippen LogP contribution in [0.4, 0.5) is 0 Å². The van der Waals surface area contributed by atoms with E-state index in [4.69, 9.17) is 4.74 Å². The minimum absolute atomic E-state index is 0.00216. The molecule has 1 fully saturated rings. The van der Waals surface area contributed by atoms with Gasteiger partial charge in [0, 0.05) is 17.5 Å². The molecule has 2 aromatic rings. The van der Waals surface area contributed by atoms with Gasteiger partial charge in [0.15, 0.2) is 0 Å². The molecule has 4 nitrogen and oxygen atoms in total. The molecule has 1 amide bonds. The number of fused-ring (bicyclic) bond motifs is 1. The van der Waals surface area contributed by atoms with E-state index < -0.39 is 0 Å². The first-order chi connectivity index (χ1) is 11.6. The predicted molar refractivity (Wildman–Crippen MR) is 96.5 cm³/mol. The monoisotopic (exact) mass is 326 g/mol. The lowest BCUT2D eigenvalue weighted by Gasteiger charge is -2.28. The summed E-state index contributed by atoms with van der Waals surface area (Å²) in [5, 5.41) is 4.16. The summed E-state index contributed by atoms with van der Waals surface area (Å²) in [6, 6.07) is 7.98. The zero-order chi connectivity index (χ0) is 17.1. The SMILES string of the molecule is CCC1CCC(NC(=O)c2cc3ccc(OC)cc3nc2C)CC1. The summed E-state index contributed by atoms with van der Waals surface area (Å²) < 4.78 is 5.24. The molecule has 1 N–H and O–H groups in total. The van der Waals surface area contributed by atoms with Gasteiger partial charge in [-0.3, -0.25) is 9.78 Å². The van der Waals surface area contributed by atoms with Gasteiger partial charge in [-0.1, -0.05) is 13.3 Å². The molecule has 0 bridgehead atoms. The number of methoxy groups -OCH3 is 1. The van der Waals surface area contributed by atoms with Crippen LogP contribution in [0.3, 0.4) is 0 Å². The van der Waals surface area contributed by atoms with E-state index in [-0.39, 0.29) is 5.91 Å². The van der Waals surface area contributed by atoms with Gasteiger partial charge in [-0.15, -0.1) is 0 Å². The second kappa shape index (κ2) is 7.20. The molecule has 0 aliphatic heterocycles. The third-order valence-electron chi connectivity index (χ3n) is 5.22. The summed E-state index contributed by atoms with van der Waals surface area (Å²) in [6.45, 7) is 4.14. The molecule has 4 heteroatoms. The number of carbonyl (C=O) groups is 1. The number of ether oxygens (including phenoxy) is 1. The van der Waals surface area contributed by atoms with Crippen LogP contribution in [-0.4, -0.2) is 24.0 Å². The number of hydrogen-bond donors (Lipinski definition) is 1. The molecule has 0 saturated heterocycles. The van der Waals surface area contributed by atoms with Crippen LogP contribution in [0, 0.1) is 12.8 Å². The van der Waals surface area contributed by atoms with E-state index in [2.05, 4.69) is 17.2 Å². The Kier molecular flexibility index (Phi) is 5.03. The van der Waals surface area contributed by atoms with Crippen molar-refractivity contribution in [1.29, 1.82) is 0 Å². The second-order valence-corrected chi connectivity index (χ2v) is 6.78. The highest BCUT2D eigenvalue weighted by molar-refractivity contribution is 5.98. The molecule has 24 heavy (non-hydrogen) atoms. The van der Waals surface area contributed by atoms with E-state index >= 15 is 0 Å². The van der Waals surface area contributed by atoms with E-state index in [1.165, 1.54) is 19.3 Å². The van der Waals surface area contributed by atoms with Crippen LogP contribution in [0.1, 0.15) is 55.1 Å². The maximum atomic E-state index is 12.7. The first-order valence-electron chi connectivity index (χ1n) is 8.87. The Labute approximate surface area is 143 Å². The van der Waals surface area contributed by atoms with Crippen molar-refractivity contribution in [2.75, 3.05) is 7.11 Å². The summed E-state index contributed by atoms with van der Waals surface area (Å²) in [6.07, 6.45) is 5.85. The summed E-state index contributed by atoms with van der Waals surface area (Å²) in [5.41, 5.74) is 2.28. The van der Waals surface area contributed by atoms with Crippen LogP contribution in [-0.2, 0) is 0 Å². The molecule has 1 aromatic carbocycles. The Hall–Kier alpha value is -2.10. The van der Waals surface area contributed by atoms with E-state index in [0.717, 1.165) is 41.1 Å². The predicted octanol–water partition coefficient (Wildman–Crippen LogP) is 4.25. The topological polar surface area (TPSA) is 51.2 Å². The summed E-state index contributed by atoms with van der Waals surface area (Å²) in [7, 11) is 1.64. The van der Waals surface area contributed by atoms with Gasteiger partial charge in [0.05, 0.1) is 23.9 Å². The average Bonchev–Trinajstić information content (AvgIpc) is 2.61. The largest absolute Gasteiger partial charge is 0.497 e. The number of amides is 1. The highest BCUT2D eigenvalue weighted by Crippen LogP contribution is 2.27. The fourth-order valence-corrected chi connectivity index (χ4v) is 3.58. The van der Waals surface area contributed by atoms with Crippen molar-refractivity contribution in [3.05, 3.63) is 35.5 Å². The molecule has 1 heterocycles. The normalized spacial score (nSPS) is 20.8. The van der Waals surface area contributed by atoms with Gasteiger partial charge in [-0.05, 0) is 56.7 Å². The molecule has 128 valence electrons. The van der Waals surface area contributed by atoms with E-state index in [1.807, 2.05) is 31.2 Å². The Morgan fingerprint density at radius 1 is 1.25 bits per heavy atom. The number of nitrogens with one attached hydrogen (secondary N) is 1. The van der Waals surface area contributed by atoms with Crippen molar-refractivity contribution in [1.82, 2.24) is 10.3 Å². The Bertz CT molecular complexity index is 734. The van der Waals surface area contributed by atoms with Crippen LogP contribution < -0.4 is 10.1 Å². The smallest absolute Gasteiger partial charge is 0.253 e. The van der Waals surface area contributed by atoms with Crippen molar-refractivity contribution in [2.24, 2.45) is 5.92 Å². The average molecular weight is 326 g/mol. The number of nitrogens with zero attached hydrogens (tertiary/aromatic N) is 1. The number of benzene rings is 1. The molecule has 0 unspecified atom stereocenters. The molecule has 0 radical (unpaired) electrons. The number of pyridine rings is 1. The van der Waals surface area contributed by atoms with Gasteiger partial charge in [0.25, 0.3) is 5.91 Å². The Morgan fingerprint density at radius 2 is 2.00 bits per heavy atom. The van der Waals surface area contributed by atoms with Gasteiger partial charge >= 0.3 is 0 Å². The lowest BCUT2D eigenvalue weighted by atomic mass is 9.84. The van der Waals surface area contributed by atoms with E-state index in [0.29, 0.717) is 11.6 Å². The van der Waals surface area contributed by atoms with Crippen LogP contribution in [0.15, 0.2) is 24.3 Å². The zero-order valence-corrected chi connectivity index (χ0v) is 14.8. The molecule has 1 aromatic heterocycles. The lowest BCUT2D eigenvalue weighted by molar-refractivity contribution is 0.0920. The maximum absolute atomic E-state index is 12.7. The van der Waals surface area contributed by atoms with Crippen molar-refractivity contribution in [3.63, 3.8) is 0 Å². The highest BCUT2D eigenvalue weighted by atomic mass is 16.5. The molecule has 0 spiro atoms. The minimum atomic E-state index is -0.00216. The second-order valence-electron chi connectivity index (χ2n) is 6.78. The molecule has 1 saturated carbocycles. The van der Waals surface area contributed by atoms with Crippen molar-refractivity contribution in [3.8, 4) is 5.75 Å². The number of rotatable bonds is 4. The van der Waals surface area contributed by atoms with Crippen molar-refractivity contribution < 1.29 is 9.53 Å². The van der Waals surface area contributed by atoms with Crippen LogP contribution >= 0.6 is 0 Å². The summed E-state index contributed by atoms with van der Waals surface area (Å²) in [4.78, 5) is 17.3. The van der Waals surface area contributed by atoms with Crippen LogP contribution in [0.5, 0.6) is 5.75 Å². The van der Waals surface area contributed by atoms with Crippen LogP contribution in [0.2, 0.25) is 0 Å². The maximum Gasteiger partial charge on any atom is 0.253 e. The molecule has 1 aliphatic rings. The van der Waals surface area contributed by atoms with E-state index in [9.17, 15) is 4.79 Å². The first kappa shape index (κ1) is 16.7.